The number of rotatable bonds is 6. The van der Waals surface area contributed by atoms with Crippen molar-refractivity contribution < 1.29 is 13.6 Å². The molecule has 0 saturated heterocycles. The first-order chi connectivity index (χ1) is 12.8. The molecule has 7 heteroatoms. The summed E-state index contributed by atoms with van der Waals surface area (Å²) in [6.07, 6.45) is 3.38. The van der Waals surface area contributed by atoms with Crippen LogP contribution in [-0.2, 0) is 12.3 Å². The Hall–Kier alpha value is -3.06. The Balaban J connectivity index is 1.34. The van der Waals surface area contributed by atoms with Crippen molar-refractivity contribution in [2.45, 2.75) is 17.5 Å². The van der Waals surface area contributed by atoms with Gasteiger partial charge in [-0.2, -0.15) is 0 Å². The molecular weight excluding hydrogens is 350 g/mol. The van der Waals surface area contributed by atoms with Gasteiger partial charge in [0.2, 0.25) is 0 Å². The van der Waals surface area contributed by atoms with Crippen molar-refractivity contribution in [3.63, 3.8) is 0 Å². The lowest BCUT2D eigenvalue weighted by molar-refractivity contribution is 0.0921. The molecule has 1 aromatic carbocycles. The van der Waals surface area contributed by atoms with Gasteiger partial charge in [-0.1, -0.05) is 23.9 Å². The number of hydrogen-bond donors (Lipinski definition) is 1. The Morgan fingerprint density at radius 2 is 1.88 bits per heavy atom. The van der Waals surface area contributed by atoms with Crippen molar-refractivity contribution >= 4 is 28.8 Å². The van der Waals surface area contributed by atoms with Crippen molar-refractivity contribution in [2.75, 3.05) is 0 Å². The highest BCUT2D eigenvalue weighted by atomic mass is 32.2. The molecule has 4 aromatic rings. The first kappa shape index (κ1) is 16.4. The molecule has 3 aromatic heterocycles. The maximum absolute atomic E-state index is 12.2. The zero-order chi connectivity index (χ0) is 17.8. The standard InChI is InChI=1S/C19H15N3O3S/c23-18(21-11-13-7-9-20-10-8-13)17-6-5-14(24-17)12-26-19-22-15-3-1-2-4-16(15)25-19/h1-10H,11-12H2,(H,21,23). The van der Waals surface area contributed by atoms with E-state index in [-0.39, 0.29) is 11.7 Å². The minimum absolute atomic E-state index is 0.250. The number of nitrogens with zero attached hydrogens (tertiary/aromatic N) is 2. The maximum Gasteiger partial charge on any atom is 0.287 e. The fourth-order valence-electron chi connectivity index (χ4n) is 2.39. The Morgan fingerprint density at radius 1 is 1.04 bits per heavy atom. The van der Waals surface area contributed by atoms with Gasteiger partial charge in [-0.15, -0.1) is 0 Å². The van der Waals surface area contributed by atoms with Crippen LogP contribution in [0.4, 0.5) is 0 Å². The molecule has 26 heavy (non-hydrogen) atoms. The molecule has 4 rings (SSSR count). The van der Waals surface area contributed by atoms with Crippen LogP contribution in [-0.4, -0.2) is 15.9 Å². The summed E-state index contributed by atoms with van der Waals surface area (Å²) in [6.45, 7) is 0.426. The number of fused-ring (bicyclic) bond motifs is 1. The number of para-hydroxylation sites is 2. The molecular formula is C19H15N3O3S. The summed E-state index contributed by atoms with van der Waals surface area (Å²) in [4.78, 5) is 20.5. The van der Waals surface area contributed by atoms with E-state index in [4.69, 9.17) is 8.83 Å². The van der Waals surface area contributed by atoms with Gasteiger partial charge in [-0.3, -0.25) is 9.78 Å². The SMILES string of the molecule is O=C(NCc1ccncc1)c1ccc(CSc2nc3ccccc3o2)o1. The van der Waals surface area contributed by atoms with E-state index in [9.17, 15) is 4.79 Å². The molecule has 3 heterocycles. The van der Waals surface area contributed by atoms with Crippen LogP contribution in [0.25, 0.3) is 11.1 Å². The van der Waals surface area contributed by atoms with Crippen molar-refractivity contribution in [3.05, 3.63) is 78.0 Å². The van der Waals surface area contributed by atoms with E-state index in [2.05, 4.69) is 15.3 Å². The third-order valence-corrected chi connectivity index (χ3v) is 4.55. The summed E-state index contributed by atoms with van der Waals surface area (Å²) in [5.41, 5.74) is 2.56. The van der Waals surface area contributed by atoms with Crippen LogP contribution in [0.2, 0.25) is 0 Å². The molecule has 6 nitrogen and oxygen atoms in total. The van der Waals surface area contributed by atoms with Gasteiger partial charge in [0.05, 0.1) is 5.75 Å². The number of nitrogens with one attached hydrogen (secondary N) is 1. The van der Waals surface area contributed by atoms with E-state index in [1.807, 2.05) is 36.4 Å². The molecule has 0 bridgehead atoms. The topological polar surface area (TPSA) is 81.2 Å². The number of benzene rings is 1. The summed E-state index contributed by atoms with van der Waals surface area (Å²) in [5, 5.41) is 3.40. The fourth-order valence-corrected chi connectivity index (χ4v) is 3.13. The van der Waals surface area contributed by atoms with Crippen LogP contribution < -0.4 is 5.32 Å². The number of aromatic nitrogens is 2. The first-order valence-electron chi connectivity index (χ1n) is 8.02. The lowest BCUT2D eigenvalue weighted by Crippen LogP contribution is -2.22. The number of carbonyl (C=O) groups excluding carboxylic acids is 1. The number of pyridine rings is 1. The Kier molecular flexibility index (Phi) is 4.70. The molecule has 0 aliphatic heterocycles. The summed E-state index contributed by atoms with van der Waals surface area (Å²) in [6, 6.07) is 14.8. The predicted octanol–water partition coefficient (Wildman–Crippen LogP) is 4.04. The monoisotopic (exact) mass is 365 g/mol. The molecule has 0 saturated carbocycles. The summed E-state index contributed by atoms with van der Waals surface area (Å²) in [5.74, 6) is 1.25. The number of furan rings is 1. The van der Waals surface area contributed by atoms with Crippen LogP contribution in [0.1, 0.15) is 21.9 Å². The zero-order valence-corrected chi connectivity index (χ0v) is 14.5. The molecule has 0 unspecified atom stereocenters. The van der Waals surface area contributed by atoms with Crippen LogP contribution in [0.3, 0.4) is 0 Å². The number of amides is 1. The van der Waals surface area contributed by atoms with E-state index in [1.165, 1.54) is 11.8 Å². The van der Waals surface area contributed by atoms with E-state index < -0.39 is 0 Å². The lowest BCUT2D eigenvalue weighted by atomic mass is 10.2. The average molecular weight is 365 g/mol. The normalized spacial score (nSPS) is 10.9. The zero-order valence-electron chi connectivity index (χ0n) is 13.7. The second kappa shape index (κ2) is 7.45. The molecule has 1 N–H and O–H groups in total. The highest BCUT2D eigenvalue weighted by Gasteiger charge is 2.12. The molecule has 1 amide bonds. The lowest BCUT2D eigenvalue weighted by Gasteiger charge is -2.02. The molecule has 0 fully saturated rings. The third-order valence-electron chi connectivity index (χ3n) is 3.70. The number of carbonyl (C=O) groups is 1. The molecule has 0 spiro atoms. The van der Waals surface area contributed by atoms with Gasteiger partial charge >= 0.3 is 0 Å². The van der Waals surface area contributed by atoms with Gasteiger partial charge < -0.3 is 14.2 Å². The minimum atomic E-state index is -0.250. The number of oxazole rings is 1. The quantitative estimate of drug-likeness (QED) is 0.520. The van der Waals surface area contributed by atoms with E-state index in [1.54, 1.807) is 24.5 Å². The summed E-state index contributed by atoms with van der Waals surface area (Å²) >= 11 is 1.42. The van der Waals surface area contributed by atoms with Gasteiger partial charge in [0.15, 0.2) is 11.3 Å². The van der Waals surface area contributed by atoms with E-state index in [0.29, 0.717) is 23.3 Å². The van der Waals surface area contributed by atoms with Crippen molar-refractivity contribution in [2.24, 2.45) is 0 Å². The van der Waals surface area contributed by atoms with Crippen LogP contribution in [0, 0.1) is 0 Å². The van der Waals surface area contributed by atoms with Crippen molar-refractivity contribution in [1.29, 1.82) is 0 Å². The van der Waals surface area contributed by atoms with Gasteiger partial charge in [0, 0.05) is 18.9 Å². The Morgan fingerprint density at radius 3 is 2.73 bits per heavy atom. The molecule has 0 radical (unpaired) electrons. The number of thioether (sulfide) groups is 1. The Labute approximate surface area is 153 Å². The maximum atomic E-state index is 12.2. The predicted molar refractivity (Wildman–Crippen MR) is 97.7 cm³/mol. The van der Waals surface area contributed by atoms with E-state index >= 15 is 0 Å². The molecule has 0 atom stereocenters. The largest absolute Gasteiger partial charge is 0.455 e. The van der Waals surface area contributed by atoms with Crippen molar-refractivity contribution in [3.8, 4) is 0 Å². The van der Waals surface area contributed by atoms with Crippen LogP contribution >= 0.6 is 11.8 Å². The van der Waals surface area contributed by atoms with Gasteiger partial charge in [0.1, 0.15) is 11.3 Å². The van der Waals surface area contributed by atoms with Gasteiger partial charge in [-0.05, 0) is 42.0 Å². The molecule has 130 valence electrons. The highest BCUT2D eigenvalue weighted by molar-refractivity contribution is 7.98. The molecule has 0 aliphatic rings. The number of hydrogen-bond acceptors (Lipinski definition) is 6. The third kappa shape index (κ3) is 3.78. The van der Waals surface area contributed by atoms with Gasteiger partial charge in [0.25, 0.3) is 11.1 Å². The van der Waals surface area contributed by atoms with Crippen LogP contribution in [0.5, 0.6) is 0 Å². The Bertz CT molecular complexity index is 994. The average Bonchev–Trinajstić information content (AvgIpc) is 3.31. The second-order valence-corrected chi connectivity index (χ2v) is 6.47. The second-order valence-electron chi connectivity index (χ2n) is 5.54. The van der Waals surface area contributed by atoms with E-state index in [0.717, 1.165) is 16.7 Å². The summed E-state index contributed by atoms with van der Waals surface area (Å²) in [7, 11) is 0. The fraction of sp³-hybridized carbons (Fsp3) is 0.105. The minimum Gasteiger partial charge on any atom is -0.455 e. The van der Waals surface area contributed by atoms with Crippen molar-refractivity contribution in [1.82, 2.24) is 15.3 Å². The van der Waals surface area contributed by atoms with Gasteiger partial charge in [-0.25, -0.2) is 4.98 Å². The van der Waals surface area contributed by atoms with Crippen LogP contribution in [0.15, 0.2) is 75.0 Å². The highest BCUT2D eigenvalue weighted by Crippen LogP contribution is 2.26. The first-order valence-corrected chi connectivity index (χ1v) is 9.01. The summed E-state index contributed by atoms with van der Waals surface area (Å²) < 4.78 is 11.3. The smallest absolute Gasteiger partial charge is 0.287 e. The molecule has 0 aliphatic carbocycles.